The van der Waals surface area contributed by atoms with E-state index in [0.29, 0.717) is 24.2 Å². The first-order valence-corrected chi connectivity index (χ1v) is 8.17. The molecule has 0 atom stereocenters. The minimum Gasteiger partial charge on any atom is -0.508 e. The average molecular weight is 330 g/mol. The quantitative estimate of drug-likeness (QED) is 0.744. The highest BCUT2D eigenvalue weighted by molar-refractivity contribution is 7.09. The molecule has 0 radical (unpaired) electrons. The Morgan fingerprint density at radius 3 is 2.78 bits per heavy atom. The lowest BCUT2D eigenvalue weighted by Gasteiger charge is -2.16. The van der Waals surface area contributed by atoms with Crippen LogP contribution in [0.25, 0.3) is 11.0 Å². The Morgan fingerprint density at radius 2 is 2.09 bits per heavy atom. The molecule has 5 nitrogen and oxygen atoms in total. The fourth-order valence-corrected chi connectivity index (χ4v) is 3.25. The Morgan fingerprint density at radius 1 is 1.30 bits per heavy atom. The van der Waals surface area contributed by atoms with Gasteiger partial charge in [0.1, 0.15) is 11.3 Å². The number of aromatic hydroxyl groups is 1. The summed E-state index contributed by atoms with van der Waals surface area (Å²) in [5.41, 5.74) is 2.54. The number of rotatable bonds is 4. The fraction of sp³-hybridized carbons (Fsp3) is 0.294. The molecule has 120 valence electrons. The van der Waals surface area contributed by atoms with Gasteiger partial charge in [0.2, 0.25) is 0 Å². The van der Waals surface area contributed by atoms with Gasteiger partial charge in [-0.1, -0.05) is 0 Å². The maximum Gasteiger partial charge on any atom is 0.336 e. The average Bonchev–Trinajstić information content (AvgIpc) is 2.88. The summed E-state index contributed by atoms with van der Waals surface area (Å²) >= 11 is 1.63. The Labute approximate surface area is 137 Å². The Kier molecular flexibility index (Phi) is 4.19. The van der Waals surface area contributed by atoms with Crippen molar-refractivity contribution in [3.8, 4) is 5.75 Å². The van der Waals surface area contributed by atoms with Crippen LogP contribution >= 0.6 is 11.3 Å². The Bertz CT molecular complexity index is 914. The minimum atomic E-state index is -0.404. The first-order chi connectivity index (χ1) is 10.9. The van der Waals surface area contributed by atoms with Crippen LogP contribution in [-0.4, -0.2) is 22.0 Å². The normalized spacial score (nSPS) is 11.5. The fourth-order valence-electron chi connectivity index (χ4n) is 2.65. The monoisotopic (exact) mass is 330 g/mol. The molecular weight excluding hydrogens is 312 g/mol. The molecule has 23 heavy (non-hydrogen) atoms. The third-order valence-electron chi connectivity index (χ3n) is 3.76. The van der Waals surface area contributed by atoms with Crippen LogP contribution in [0.2, 0.25) is 0 Å². The number of thiazole rings is 1. The SMILES string of the molecule is Cc1nc(CN(C)Cc2cc(=O)oc3c(C)c(O)ccc23)cs1. The maximum atomic E-state index is 11.8. The van der Waals surface area contributed by atoms with Gasteiger partial charge in [-0.3, -0.25) is 4.90 Å². The van der Waals surface area contributed by atoms with Crippen molar-refractivity contribution in [2.24, 2.45) is 0 Å². The van der Waals surface area contributed by atoms with Crippen molar-refractivity contribution < 1.29 is 9.52 Å². The molecule has 0 aliphatic carbocycles. The second kappa shape index (κ2) is 6.14. The molecule has 0 amide bonds. The third-order valence-corrected chi connectivity index (χ3v) is 4.58. The maximum absolute atomic E-state index is 11.8. The van der Waals surface area contributed by atoms with E-state index in [1.54, 1.807) is 30.4 Å². The van der Waals surface area contributed by atoms with Crippen molar-refractivity contribution in [1.82, 2.24) is 9.88 Å². The predicted molar refractivity (Wildman–Crippen MR) is 90.9 cm³/mol. The number of phenolic OH excluding ortho intramolecular Hbond substituents is 1. The molecule has 3 aromatic rings. The molecule has 0 spiro atoms. The lowest BCUT2D eigenvalue weighted by Crippen LogP contribution is -2.18. The van der Waals surface area contributed by atoms with Gasteiger partial charge in [-0.25, -0.2) is 9.78 Å². The van der Waals surface area contributed by atoms with Crippen LogP contribution < -0.4 is 5.63 Å². The van der Waals surface area contributed by atoms with Gasteiger partial charge in [-0.05, 0) is 38.6 Å². The van der Waals surface area contributed by atoms with Crippen molar-refractivity contribution >= 4 is 22.3 Å². The summed E-state index contributed by atoms with van der Waals surface area (Å²) in [5, 5.41) is 13.7. The van der Waals surface area contributed by atoms with E-state index in [0.717, 1.165) is 21.7 Å². The second-order valence-corrected chi connectivity index (χ2v) is 6.77. The van der Waals surface area contributed by atoms with E-state index in [9.17, 15) is 9.90 Å². The van der Waals surface area contributed by atoms with Crippen LogP contribution in [0, 0.1) is 13.8 Å². The van der Waals surface area contributed by atoms with Gasteiger partial charge in [0.25, 0.3) is 0 Å². The molecule has 6 heteroatoms. The van der Waals surface area contributed by atoms with Gasteiger partial charge in [-0.15, -0.1) is 11.3 Å². The molecule has 0 aliphatic heterocycles. The molecular formula is C17H18N2O3S. The molecule has 0 saturated carbocycles. The number of fused-ring (bicyclic) bond motifs is 1. The van der Waals surface area contributed by atoms with E-state index in [-0.39, 0.29) is 5.75 Å². The highest BCUT2D eigenvalue weighted by Crippen LogP contribution is 2.28. The molecule has 1 aromatic carbocycles. The molecule has 0 unspecified atom stereocenters. The number of hydrogen-bond donors (Lipinski definition) is 1. The number of hydrogen-bond acceptors (Lipinski definition) is 6. The van der Waals surface area contributed by atoms with Crippen LogP contribution in [0.5, 0.6) is 5.75 Å². The van der Waals surface area contributed by atoms with Crippen LogP contribution in [0.15, 0.2) is 32.8 Å². The summed E-state index contributed by atoms with van der Waals surface area (Å²) < 4.78 is 5.27. The zero-order valence-electron chi connectivity index (χ0n) is 13.3. The van der Waals surface area contributed by atoms with Crippen molar-refractivity contribution in [2.75, 3.05) is 7.05 Å². The van der Waals surface area contributed by atoms with Gasteiger partial charge < -0.3 is 9.52 Å². The van der Waals surface area contributed by atoms with Gasteiger partial charge in [0, 0.05) is 35.5 Å². The smallest absolute Gasteiger partial charge is 0.336 e. The number of benzene rings is 1. The molecule has 2 aromatic heterocycles. The van der Waals surface area contributed by atoms with Crippen molar-refractivity contribution in [3.63, 3.8) is 0 Å². The molecule has 0 saturated heterocycles. The Hall–Kier alpha value is -2.18. The molecule has 3 rings (SSSR count). The Balaban J connectivity index is 1.93. The lowest BCUT2D eigenvalue weighted by atomic mass is 10.1. The number of aromatic nitrogens is 1. The topological polar surface area (TPSA) is 66.6 Å². The summed E-state index contributed by atoms with van der Waals surface area (Å²) in [7, 11) is 1.99. The van der Waals surface area contributed by atoms with Crippen molar-refractivity contribution in [1.29, 1.82) is 0 Å². The van der Waals surface area contributed by atoms with E-state index in [2.05, 4.69) is 9.88 Å². The van der Waals surface area contributed by atoms with Crippen LogP contribution in [0.1, 0.15) is 21.8 Å². The summed E-state index contributed by atoms with van der Waals surface area (Å²) in [4.78, 5) is 18.4. The zero-order valence-corrected chi connectivity index (χ0v) is 14.1. The van der Waals surface area contributed by atoms with Crippen LogP contribution in [0.3, 0.4) is 0 Å². The first-order valence-electron chi connectivity index (χ1n) is 7.29. The number of phenols is 1. The van der Waals surface area contributed by atoms with E-state index in [1.807, 2.05) is 19.4 Å². The van der Waals surface area contributed by atoms with Gasteiger partial charge in [0.15, 0.2) is 0 Å². The first kappa shape index (κ1) is 15.7. The van der Waals surface area contributed by atoms with E-state index < -0.39 is 5.63 Å². The summed E-state index contributed by atoms with van der Waals surface area (Å²) in [5.74, 6) is 0.129. The van der Waals surface area contributed by atoms with Gasteiger partial charge in [-0.2, -0.15) is 0 Å². The van der Waals surface area contributed by atoms with Crippen molar-refractivity contribution in [3.05, 3.63) is 55.8 Å². The number of aryl methyl sites for hydroxylation is 2. The van der Waals surface area contributed by atoms with E-state index >= 15 is 0 Å². The molecule has 0 aliphatic rings. The van der Waals surface area contributed by atoms with E-state index in [4.69, 9.17) is 4.42 Å². The lowest BCUT2D eigenvalue weighted by molar-refractivity contribution is 0.316. The molecule has 0 bridgehead atoms. The molecule has 1 N–H and O–H groups in total. The van der Waals surface area contributed by atoms with Gasteiger partial charge >= 0.3 is 5.63 Å². The highest BCUT2D eigenvalue weighted by atomic mass is 32.1. The third kappa shape index (κ3) is 3.28. The summed E-state index contributed by atoms with van der Waals surface area (Å²) in [6.07, 6.45) is 0. The van der Waals surface area contributed by atoms with Crippen LogP contribution in [0.4, 0.5) is 0 Å². The van der Waals surface area contributed by atoms with Crippen LogP contribution in [-0.2, 0) is 13.1 Å². The highest BCUT2D eigenvalue weighted by Gasteiger charge is 2.13. The zero-order chi connectivity index (χ0) is 16.6. The van der Waals surface area contributed by atoms with Gasteiger partial charge in [0.05, 0.1) is 10.7 Å². The summed E-state index contributed by atoms with van der Waals surface area (Å²) in [6.45, 7) is 5.04. The van der Waals surface area contributed by atoms with E-state index in [1.165, 1.54) is 6.07 Å². The predicted octanol–water partition coefficient (Wildman–Crippen LogP) is 3.20. The largest absolute Gasteiger partial charge is 0.508 e. The number of nitrogens with zero attached hydrogens (tertiary/aromatic N) is 2. The minimum absolute atomic E-state index is 0.129. The standard InChI is InChI=1S/C17H18N2O3S/c1-10-15(20)5-4-14-12(6-16(21)22-17(10)14)7-19(3)8-13-9-23-11(2)18-13/h4-6,9,20H,7-8H2,1-3H3. The molecule has 2 heterocycles. The molecule has 0 fully saturated rings. The van der Waals surface area contributed by atoms with Crippen molar-refractivity contribution in [2.45, 2.75) is 26.9 Å². The summed E-state index contributed by atoms with van der Waals surface area (Å²) in [6, 6.07) is 4.93. The second-order valence-electron chi connectivity index (χ2n) is 5.71.